The fraction of sp³-hybridized carbons (Fsp3) is 0.320. The highest BCUT2D eigenvalue weighted by Gasteiger charge is 2.48. The smallest absolute Gasteiger partial charge is 0.418 e. The summed E-state index contributed by atoms with van der Waals surface area (Å²) >= 11 is 0. The molecule has 0 spiro atoms. The number of pyridine rings is 1. The van der Waals surface area contributed by atoms with E-state index in [9.17, 15) is 22.8 Å². The summed E-state index contributed by atoms with van der Waals surface area (Å²) in [5.41, 5.74) is 5.79. The van der Waals surface area contributed by atoms with Crippen molar-refractivity contribution in [2.24, 2.45) is 11.1 Å². The van der Waals surface area contributed by atoms with Crippen LogP contribution in [0.4, 0.5) is 18.9 Å². The molecule has 2 heterocycles. The number of para-hydroxylation sites is 1. The molecule has 0 radical (unpaired) electrons. The summed E-state index contributed by atoms with van der Waals surface area (Å²) in [4.78, 5) is 31.8. The Balaban J connectivity index is 2.08. The molecule has 0 saturated carbocycles. The maximum atomic E-state index is 14.0. The van der Waals surface area contributed by atoms with Gasteiger partial charge in [-0.25, -0.2) is 4.79 Å². The number of rotatable bonds is 3. The molecule has 1 aromatic heterocycles. The number of ketones is 1. The van der Waals surface area contributed by atoms with Gasteiger partial charge >= 0.3 is 12.1 Å². The zero-order valence-electron chi connectivity index (χ0n) is 18.9. The van der Waals surface area contributed by atoms with E-state index in [0.29, 0.717) is 11.3 Å². The first kappa shape index (κ1) is 23.5. The number of allylic oxidation sites excluding steroid dienone is 2. The van der Waals surface area contributed by atoms with Gasteiger partial charge in [-0.15, -0.1) is 0 Å². The van der Waals surface area contributed by atoms with Crippen molar-refractivity contribution in [3.05, 3.63) is 82.6 Å². The quantitative estimate of drug-likeness (QED) is 0.654. The Morgan fingerprint density at radius 1 is 1.18 bits per heavy atom. The van der Waals surface area contributed by atoms with Gasteiger partial charge in [0.15, 0.2) is 5.78 Å². The Morgan fingerprint density at radius 2 is 1.88 bits per heavy atom. The predicted octanol–water partition coefficient (Wildman–Crippen LogP) is 4.69. The van der Waals surface area contributed by atoms with E-state index in [1.54, 1.807) is 18.3 Å². The standard InChI is InChI=1S/C25H24F3N3O3/c1-24(2)11-17-20(18(32)12-24)19(14-7-6-10-30-13-14)21(23(33)34-3)22(29)31(17)16-9-5-4-8-15(16)25(26,27)28/h4-10,13,19H,11-12,29H2,1-3H3/t19-/m0/s1. The number of benzene rings is 1. The minimum atomic E-state index is -4.68. The Kier molecular flexibility index (Phi) is 5.75. The van der Waals surface area contributed by atoms with Crippen LogP contribution < -0.4 is 10.6 Å². The molecule has 34 heavy (non-hydrogen) atoms. The van der Waals surface area contributed by atoms with E-state index in [4.69, 9.17) is 10.5 Å². The van der Waals surface area contributed by atoms with Gasteiger partial charge in [0.05, 0.1) is 29.9 Å². The van der Waals surface area contributed by atoms with Gasteiger partial charge < -0.3 is 10.5 Å². The second-order valence-electron chi connectivity index (χ2n) is 9.16. The molecule has 1 aliphatic heterocycles. The molecule has 0 fully saturated rings. The number of ether oxygens (including phenoxy) is 1. The molecule has 6 nitrogen and oxygen atoms in total. The van der Waals surface area contributed by atoms with Crippen LogP contribution in [-0.4, -0.2) is 23.8 Å². The maximum Gasteiger partial charge on any atom is 0.418 e. The fourth-order valence-corrected chi connectivity index (χ4v) is 4.78. The molecular formula is C25H24F3N3O3. The summed E-state index contributed by atoms with van der Waals surface area (Å²) in [6.07, 6.45) is -1.17. The highest BCUT2D eigenvalue weighted by molar-refractivity contribution is 6.05. The maximum absolute atomic E-state index is 14.0. The Bertz CT molecular complexity index is 1220. The Labute approximate surface area is 194 Å². The number of nitrogens with two attached hydrogens (primary N) is 1. The van der Waals surface area contributed by atoms with E-state index in [1.165, 1.54) is 29.3 Å². The molecule has 0 bridgehead atoms. The number of nitrogens with zero attached hydrogens (tertiary/aromatic N) is 2. The molecule has 178 valence electrons. The van der Waals surface area contributed by atoms with Crippen molar-refractivity contribution >= 4 is 17.4 Å². The number of Topliss-reactive ketones (excluding diaryl/α,β-unsaturated/α-hetero) is 1. The molecule has 0 amide bonds. The normalized spacial score (nSPS) is 20.4. The molecule has 1 aromatic carbocycles. The molecule has 2 N–H and O–H groups in total. The molecule has 9 heteroatoms. The van der Waals surface area contributed by atoms with E-state index < -0.39 is 29.0 Å². The highest BCUT2D eigenvalue weighted by atomic mass is 19.4. The molecule has 0 unspecified atom stereocenters. The van der Waals surface area contributed by atoms with Gasteiger partial charge in [0.1, 0.15) is 5.82 Å². The van der Waals surface area contributed by atoms with Crippen molar-refractivity contribution in [1.82, 2.24) is 4.98 Å². The SMILES string of the molecule is COC(=O)C1=C(N)N(c2ccccc2C(F)(F)F)C2=C(C(=O)CC(C)(C)C2)[C@@H]1c1cccnc1. The summed E-state index contributed by atoms with van der Waals surface area (Å²) in [6, 6.07) is 8.32. The number of carbonyl (C=O) groups excluding carboxylic acids is 2. The van der Waals surface area contributed by atoms with Crippen molar-refractivity contribution in [3.63, 3.8) is 0 Å². The lowest BCUT2D eigenvalue weighted by atomic mass is 9.68. The first-order chi connectivity index (χ1) is 16.0. The van der Waals surface area contributed by atoms with Gasteiger partial charge in [-0.1, -0.05) is 32.0 Å². The van der Waals surface area contributed by atoms with Crippen LogP contribution in [0.25, 0.3) is 0 Å². The lowest BCUT2D eigenvalue weighted by Gasteiger charge is -2.44. The Hall–Kier alpha value is -3.62. The predicted molar refractivity (Wildman–Crippen MR) is 119 cm³/mol. The third kappa shape index (κ3) is 3.95. The van der Waals surface area contributed by atoms with Gasteiger partial charge in [-0.2, -0.15) is 13.2 Å². The molecule has 2 aliphatic rings. The third-order valence-electron chi connectivity index (χ3n) is 6.13. The third-order valence-corrected chi connectivity index (χ3v) is 6.13. The van der Waals surface area contributed by atoms with Crippen molar-refractivity contribution in [2.45, 2.75) is 38.8 Å². The van der Waals surface area contributed by atoms with Gasteiger partial charge in [-0.05, 0) is 35.6 Å². The van der Waals surface area contributed by atoms with Gasteiger partial charge in [-0.3, -0.25) is 14.7 Å². The van der Waals surface area contributed by atoms with Gasteiger partial charge in [0.25, 0.3) is 0 Å². The monoisotopic (exact) mass is 471 g/mol. The van der Waals surface area contributed by atoms with Crippen molar-refractivity contribution in [2.75, 3.05) is 12.0 Å². The number of methoxy groups -OCH3 is 1. The highest BCUT2D eigenvalue weighted by Crippen LogP contribution is 2.51. The number of hydrogen-bond acceptors (Lipinski definition) is 6. The molecule has 4 rings (SSSR count). The molecular weight excluding hydrogens is 447 g/mol. The second-order valence-corrected chi connectivity index (χ2v) is 9.16. The largest absolute Gasteiger partial charge is 0.466 e. The number of anilines is 1. The van der Waals surface area contributed by atoms with E-state index in [-0.39, 0.29) is 41.3 Å². The van der Waals surface area contributed by atoms with Crippen molar-refractivity contribution < 1.29 is 27.5 Å². The van der Waals surface area contributed by atoms with Crippen LogP contribution in [0.15, 0.2) is 71.5 Å². The van der Waals surface area contributed by atoms with E-state index in [0.717, 1.165) is 13.2 Å². The first-order valence-electron chi connectivity index (χ1n) is 10.7. The number of carbonyl (C=O) groups is 2. The lowest BCUT2D eigenvalue weighted by molar-refractivity contribution is -0.137. The van der Waals surface area contributed by atoms with E-state index >= 15 is 0 Å². The van der Waals surface area contributed by atoms with E-state index in [1.807, 2.05) is 13.8 Å². The summed E-state index contributed by atoms with van der Waals surface area (Å²) in [5.74, 6) is -2.20. The minimum Gasteiger partial charge on any atom is -0.466 e. The average Bonchev–Trinajstić information content (AvgIpc) is 2.77. The van der Waals surface area contributed by atoms with Crippen LogP contribution in [0.2, 0.25) is 0 Å². The summed E-state index contributed by atoms with van der Waals surface area (Å²) < 4.78 is 46.9. The van der Waals surface area contributed by atoms with Crippen LogP contribution in [0.1, 0.15) is 43.7 Å². The second kappa shape index (κ2) is 8.30. The Morgan fingerprint density at radius 3 is 2.50 bits per heavy atom. The fourth-order valence-electron chi connectivity index (χ4n) is 4.78. The number of halogens is 3. The minimum absolute atomic E-state index is 0.0979. The van der Waals surface area contributed by atoms with Crippen LogP contribution >= 0.6 is 0 Å². The van der Waals surface area contributed by atoms with Crippen LogP contribution in [0, 0.1) is 5.41 Å². The van der Waals surface area contributed by atoms with Gasteiger partial charge in [0, 0.05) is 30.1 Å². The van der Waals surface area contributed by atoms with E-state index in [2.05, 4.69) is 4.98 Å². The molecule has 2 aromatic rings. The molecule has 1 aliphatic carbocycles. The number of alkyl halides is 3. The van der Waals surface area contributed by atoms with Crippen LogP contribution in [-0.2, 0) is 20.5 Å². The van der Waals surface area contributed by atoms with Gasteiger partial charge in [0.2, 0.25) is 0 Å². The average molecular weight is 471 g/mol. The molecule has 0 saturated heterocycles. The van der Waals surface area contributed by atoms with Crippen LogP contribution in [0.3, 0.4) is 0 Å². The summed E-state index contributed by atoms with van der Waals surface area (Å²) in [7, 11) is 1.16. The van der Waals surface area contributed by atoms with Crippen molar-refractivity contribution in [1.29, 1.82) is 0 Å². The number of hydrogen-bond donors (Lipinski definition) is 1. The zero-order chi connectivity index (χ0) is 24.8. The first-order valence-corrected chi connectivity index (χ1v) is 10.7. The summed E-state index contributed by atoms with van der Waals surface area (Å²) in [6.45, 7) is 3.74. The number of aromatic nitrogens is 1. The number of esters is 1. The molecule has 1 atom stereocenters. The lowest BCUT2D eigenvalue weighted by Crippen LogP contribution is -2.44. The topological polar surface area (TPSA) is 85.5 Å². The summed E-state index contributed by atoms with van der Waals surface area (Å²) in [5, 5.41) is 0. The van der Waals surface area contributed by atoms with Crippen molar-refractivity contribution in [3.8, 4) is 0 Å². The zero-order valence-corrected chi connectivity index (χ0v) is 18.9. The van der Waals surface area contributed by atoms with Crippen LogP contribution in [0.5, 0.6) is 0 Å².